The topological polar surface area (TPSA) is 78.5 Å². The Hall–Kier alpha value is -2.02. The van der Waals surface area contributed by atoms with Gasteiger partial charge in [-0.2, -0.15) is 0 Å². The molecule has 0 unspecified atom stereocenters. The molecule has 1 aliphatic heterocycles. The molecule has 1 saturated heterocycles. The van der Waals surface area contributed by atoms with Crippen molar-refractivity contribution in [2.45, 2.75) is 0 Å². The Balaban J connectivity index is 2.03. The number of barbiturate groups is 1. The van der Waals surface area contributed by atoms with Crippen molar-refractivity contribution in [2.75, 3.05) is 17.3 Å². The van der Waals surface area contributed by atoms with Gasteiger partial charge in [0.05, 0.1) is 11.4 Å². The number of halogens is 3. The zero-order valence-electron chi connectivity index (χ0n) is 13.8. The molecule has 1 heterocycles. The fourth-order valence-corrected chi connectivity index (χ4v) is 4.92. The molecule has 0 aliphatic carbocycles. The average molecular weight is 591 g/mol. The third-order valence-electron chi connectivity index (χ3n) is 3.81. The van der Waals surface area contributed by atoms with Crippen LogP contribution in [0.2, 0.25) is 0 Å². The van der Waals surface area contributed by atoms with Gasteiger partial charge in [-0.1, -0.05) is 0 Å². The van der Waals surface area contributed by atoms with Crippen LogP contribution in [0.1, 0.15) is 5.56 Å². The van der Waals surface area contributed by atoms with Crippen LogP contribution < -0.4 is 15.5 Å². The van der Waals surface area contributed by atoms with E-state index in [4.69, 9.17) is 0 Å². The number of urea groups is 1. The highest BCUT2D eigenvalue weighted by molar-refractivity contribution is 14.1. The molecule has 3 rings (SSSR count). The number of nitrogens with one attached hydrogen (secondary N) is 2. The van der Waals surface area contributed by atoms with Gasteiger partial charge < -0.3 is 5.32 Å². The lowest BCUT2D eigenvalue weighted by Gasteiger charge is -2.26. The molecule has 0 spiro atoms. The van der Waals surface area contributed by atoms with Gasteiger partial charge >= 0.3 is 6.03 Å². The normalized spacial score (nSPS) is 15.9. The van der Waals surface area contributed by atoms with Gasteiger partial charge in [0.1, 0.15) is 11.4 Å². The van der Waals surface area contributed by atoms with Crippen LogP contribution in [0.5, 0.6) is 0 Å². The predicted molar refractivity (Wildman–Crippen MR) is 117 cm³/mol. The summed E-state index contributed by atoms with van der Waals surface area (Å²) in [6.45, 7) is 0. The molecule has 0 radical (unpaired) electrons. The number of anilines is 2. The minimum atomic E-state index is -0.872. The number of rotatable bonds is 3. The maximum atomic E-state index is 13.1. The van der Waals surface area contributed by atoms with E-state index in [1.165, 1.54) is 18.2 Å². The standard InChI is InChI=1S/C18H12FI2N3O3/c1-22-15-13(20)7-9(8-14(15)21)6-12-16(25)23-18(27)24(17(12)26)11-4-2-10(19)3-5-11/h2-8,22H,1H3,(H,23,25,27)/b12-6+. The van der Waals surface area contributed by atoms with E-state index >= 15 is 0 Å². The molecule has 2 aromatic carbocycles. The lowest BCUT2D eigenvalue weighted by molar-refractivity contribution is -0.122. The number of amides is 4. The van der Waals surface area contributed by atoms with Crippen molar-refractivity contribution in [1.82, 2.24) is 5.32 Å². The Kier molecular flexibility index (Phi) is 5.79. The first kappa shape index (κ1) is 19.7. The summed E-state index contributed by atoms with van der Waals surface area (Å²) >= 11 is 4.31. The van der Waals surface area contributed by atoms with E-state index < -0.39 is 23.7 Å². The Bertz CT molecular complexity index is 967. The molecule has 0 saturated carbocycles. The molecular formula is C18H12FI2N3O3. The van der Waals surface area contributed by atoms with Crippen molar-refractivity contribution in [2.24, 2.45) is 0 Å². The molecule has 138 valence electrons. The van der Waals surface area contributed by atoms with Crippen molar-refractivity contribution in [1.29, 1.82) is 0 Å². The summed E-state index contributed by atoms with van der Waals surface area (Å²) in [5.41, 5.74) is 1.59. The summed E-state index contributed by atoms with van der Waals surface area (Å²) in [6.07, 6.45) is 1.43. The fourth-order valence-electron chi connectivity index (χ4n) is 2.56. The molecule has 0 aromatic heterocycles. The van der Waals surface area contributed by atoms with Gasteiger partial charge in [0.15, 0.2) is 0 Å². The zero-order valence-corrected chi connectivity index (χ0v) is 18.2. The number of hydrogen-bond acceptors (Lipinski definition) is 4. The summed E-state index contributed by atoms with van der Waals surface area (Å²) in [6, 6.07) is 7.64. The highest BCUT2D eigenvalue weighted by atomic mass is 127. The Morgan fingerprint density at radius 3 is 2.22 bits per heavy atom. The SMILES string of the molecule is CNc1c(I)cc(/C=C2\C(=O)NC(=O)N(c3ccc(F)cc3)C2=O)cc1I. The molecule has 1 fully saturated rings. The van der Waals surface area contributed by atoms with E-state index in [-0.39, 0.29) is 11.3 Å². The summed E-state index contributed by atoms with van der Waals surface area (Å²) in [5.74, 6) is -2.03. The summed E-state index contributed by atoms with van der Waals surface area (Å²) in [7, 11) is 1.81. The van der Waals surface area contributed by atoms with Crippen molar-refractivity contribution >= 4 is 80.5 Å². The van der Waals surface area contributed by atoms with Crippen molar-refractivity contribution in [3.8, 4) is 0 Å². The second kappa shape index (κ2) is 7.92. The van der Waals surface area contributed by atoms with E-state index in [9.17, 15) is 18.8 Å². The smallest absolute Gasteiger partial charge is 0.335 e. The summed E-state index contributed by atoms with van der Waals surface area (Å²) in [4.78, 5) is 38.0. The maximum absolute atomic E-state index is 13.1. The van der Waals surface area contributed by atoms with Gasteiger partial charge in [-0.05, 0) is 93.2 Å². The lowest BCUT2D eigenvalue weighted by Crippen LogP contribution is -2.54. The Morgan fingerprint density at radius 2 is 1.67 bits per heavy atom. The van der Waals surface area contributed by atoms with Gasteiger partial charge in [0.2, 0.25) is 0 Å². The first-order chi connectivity index (χ1) is 12.8. The Labute approximate surface area is 181 Å². The monoisotopic (exact) mass is 591 g/mol. The molecule has 2 N–H and O–H groups in total. The molecule has 6 nitrogen and oxygen atoms in total. The predicted octanol–water partition coefficient (Wildman–Crippen LogP) is 3.74. The third kappa shape index (κ3) is 3.98. The lowest BCUT2D eigenvalue weighted by atomic mass is 10.1. The largest absolute Gasteiger partial charge is 0.386 e. The Morgan fingerprint density at radius 1 is 1.07 bits per heavy atom. The molecular weight excluding hydrogens is 579 g/mol. The van der Waals surface area contributed by atoms with Gasteiger partial charge in [-0.3, -0.25) is 14.9 Å². The van der Waals surface area contributed by atoms with Crippen LogP contribution in [0.4, 0.5) is 20.6 Å². The highest BCUT2D eigenvalue weighted by Crippen LogP contribution is 2.28. The zero-order chi connectivity index (χ0) is 19.7. The number of nitrogens with zero attached hydrogens (tertiary/aromatic N) is 1. The van der Waals surface area contributed by atoms with E-state index in [0.29, 0.717) is 5.56 Å². The molecule has 0 atom stereocenters. The van der Waals surface area contributed by atoms with Crippen LogP contribution >= 0.6 is 45.2 Å². The number of imide groups is 2. The van der Waals surface area contributed by atoms with Crippen molar-refractivity contribution in [3.63, 3.8) is 0 Å². The minimum absolute atomic E-state index is 0.173. The molecule has 27 heavy (non-hydrogen) atoms. The number of carbonyl (C=O) groups is 3. The van der Waals surface area contributed by atoms with Crippen LogP contribution in [0.25, 0.3) is 6.08 Å². The summed E-state index contributed by atoms with van der Waals surface area (Å²) < 4.78 is 15.0. The number of benzene rings is 2. The van der Waals surface area contributed by atoms with Crippen LogP contribution in [0.15, 0.2) is 42.0 Å². The number of carbonyl (C=O) groups excluding carboxylic acids is 3. The third-order valence-corrected chi connectivity index (χ3v) is 5.51. The van der Waals surface area contributed by atoms with Gasteiger partial charge in [-0.15, -0.1) is 0 Å². The maximum Gasteiger partial charge on any atom is 0.335 e. The van der Waals surface area contributed by atoms with Crippen molar-refractivity contribution in [3.05, 3.63) is 60.5 Å². The van der Waals surface area contributed by atoms with Gasteiger partial charge in [0.25, 0.3) is 11.8 Å². The first-order valence-electron chi connectivity index (χ1n) is 7.65. The molecule has 1 aliphatic rings. The minimum Gasteiger partial charge on any atom is -0.386 e. The van der Waals surface area contributed by atoms with E-state index in [1.54, 1.807) is 0 Å². The van der Waals surface area contributed by atoms with E-state index in [1.807, 2.05) is 19.2 Å². The van der Waals surface area contributed by atoms with Gasteiger partial charge in [0, 0.05) is 14.2 Å². The van der Waals surface area contributed by atoms with Crippen LogP contribution in [-0.2, 0) is 9.59 Å². The first-order valence-corrected chi connectivity index (χ1v) is 9.81. The summed E-state index contributed by atoms with van der Waals surface area (Å²) in [5, 5.41) is 5.23. The highest BCUT2D eigenvalue weighted by Gasteiger charge is 2.36. The quantitative estimate of drug-likeness (QED) is 0.324. The molecule has 4 amide bonds. The van der Waals surface area contributed by atoms with Crippen LogP contribution in [-0.4, -0.2) is 24.9 Å². The van der Waals surface area contributed by atoms with Crippen LogP contribution in [0, 0.1) is 13.0 Å². The fraction of sp³-hybridized carbons (Fsp3) is 0.0556. The number of hydrogen-bond donors (Lipinski definition) is 2. The van der Waals surface area contributed by atoms with E-state index in [0.717, 1.165) is 29.9 Å². The van der Waals surface area contributed by atoms with Crippen molar-refractivity contribution < 1.29 is 18.8 Å². The van der Waals surface area contributed by atoms with Gasteiger partial charge in [-0.25, -0.2) is 14.1 Å². The second-order valence-electron chi connectivity index (χ2n) is 5.54. The van der Waals surface area contributed by atoms with Crippen LogP contribution in [0.3, 0.4) is 0 Å². The second-order valence-corrected chi connectivity index (χ2v) is 7.87. The average Bonchev–Trinajstić information content (AvgIpc) is 2.60. The molecule has 2 aromatic rings. The molecule has 0 bridgehead atoms. The molecule has 9 heteroatoms. The van der Waals surface area contributed by atoms with E-state index in [2.05, 4.69) is 55.8 Å².